The Hall–Kier alpha value is -2.38. The molecule has 1 atom stereocenters. The minimum atomic E-state index is 0.312. The van der Waals surface area contributed by atoms with Crippen molar-refractivity contribution in [2.45, 2.75) is 46.0 Å². The number of nitrogens with one attached hydrogen (secondary N) is 1. The Bertz CT molecular complexity index is 687. The van der Waals surface area contributed by atoms with Crippen LogP contribution < -0.4 is 16.0 Å². The van der Waals surface area contributed by atoms with Gasteiger partial charge in [-0.1, -0.05) is 18.5 Å². The van der Waals surface area contributed by atoms with Crippen LogP contribution in [0.25, 0.3) is 0 Å². The van der Waals surface area contributed by atoms with Crippen LogP contribution in [0.1, 0.15) is 44.3 Å². The average Bonchev–Trinajstić information content (AvgIpc) is 3.00. The zero-order valence-corrected chi connectivity index (χ0v) is 15.0. The highest BCUT2D eigenvalue weighted by molar-refractivity contribution is 5.52. The second-order valence-electron chi connectivity index (χ2n) is 6.64. The topological polar surface area (TPSA) is 106 Å². The predicted molar refractivity (Wildman–Crippen MR) is 97.5 cm³/mol. The third-order valence-corrected chi connectivity index (χ3v) is 4.45. The number of unbranched alkanes of at least 4 members (excludes halogenated alkanes) is 1. The molecule has 0 spiro atoms. The Morgan fingerprint density at radius 3 is 3.00 bits per heavy atom. The second kappa shape index (κ2) is 8.13. The molecular weight excluding hydrogens is 318 g/mol. The molecule has 0 aliphatic carbocycles. The van der Waals surface area contributed by atoms with E-state index in [1.54, 1.807) is 0 Å². The molecule has 1 fully saturated rings. The van der Waals surface area contributed by atoms with Crippen LogP contribution in [0.15, 0.2) is 10.6 Å². The summed E-state index contributed by atoms with van der Waals surface area (Å²) in [7, 11) is 0. The molecule has 1 aliphatic heterocycles. The number of hydrogen-bond donors (Lipinski definition) is 2. The number of anilines is 3. The first-order valence-corrected chi connectivity index (χ1v) is 9.06. The fraction of sp³-hybridized carbons (Fsp3) is 0.647. The molecule has 136 valence electrons. The molecule has 1 saturated heterocycles. The summed E-state index contributed by atoms with van der Waals surface area (Å²) < 4.78 is 5.08. The Kier molecular flexibility index (Phi) is 5.67. The Labute approximate surface area is 148 Å². The molecule has 2 aromatic heterocycles. The van der Waals surface area contributed by atoms with E-state index in [4.69, 9.17) is 10.3 Å². The van der Waals surface area contributed by atoms with Crippen molar-refractivity contribution in [3.05, 3.63) is 17.8 Å². The minimum absolute atomic E-state index is 0.312. The van der Waals surface area contributed by atoms with E-state index in [1.807, 2.05) is 13.0 Å². The molecule has 3 heterocycles. The van der Waals surface area contributed by atoms with Gasteiger partial charge in [0.05, 0.1) is 0 Å². The van der Waals surface area contributed by atoms with Gasteiger partial charge in [0.1, 0.15) is 11.6 Å². The molecule has 1 aliphatic rings. The fourth-order valence-electron chi connectivity index (χ4n) is 3.22. The van der Waals surface area contributed by atoms with Crippen LogP contribution in [0, 0.1) is 12.8 Å². The van der Waals surface area contributed by atoms with Crippen LogP contribution in [0.2, 0.25) is 0 Å². The zero-order chi connectivity index (χ0) is 17.6. The maximum Gasteiger partial charge on any atom is 0.223 e. The molecule has 0 amide bonds. The fourth-order valence-corrected chi connectivity index (χ4v) is 3.22. The first-order valence-electron chi connectivity index (χ1n) is 9.06. The van der Waals surface area contributed by atoms with Crippen LogP contribution in [0.4, 0.5) is 17.6 Å². The zero-order valence-electron chi connectivity index (χ0n) is 15.0. The van der Waals surface area contributed by atoms with Crippen molar-refractivity contribution >= 4 is 17.6 Å². The number of rotatable bonds is 7. The smallest absolute Gasteiger partial charge is 0.223 e. The molecular formula is C17H27N7O. The number of nitrogens with two attached hydrogens (primary N) is 1. The van der Waals surface area contributed by atoms with Gasteiger partial charge in [0.25, 0.3) is 0 Å². The number of aryl methyl sites for hydroxylation is 1. The van der Waals surface area contributed by atoms with E-state index in [2.05, 4.69) is 37.2 Å². The van der Waals surface area contributed by atoms with Gasteiger partial charge in [0.15, 0.2) is 5.82 Å². The summed E-state index contributed by atoms with van der Waals surface area (Å²) in [5, 5.41) is 7.35. The van der Waals surface area contributed by atoms with E-state index in [0.717, 1.165) is 69.2 Å². The van der Waals surface area contributed by atoms with E-state index in [0.29, 0.717) is 17.8 Å². The van der Waals surface area contributed by atoms with Gasteiger partial charge in [-0.2, -0.15) is 15.0 Å². The molecule has 8 nitrogen and oxygen atoms in total. The lowest BCUT2D eigenvalue weighted by atomic mass is 9.94. The lowest BCUT2D eigenvalue weighted by Crippen LogP contribution is -2.37. The molecule has 8 heteroatoms. The largest absolute Gasteiger partial charge is 0.370 e. The van der Waals surface area contributed by atoms with E-state index in [-0.39, 0.29) is 0 Å². The van der Waals surface area contributed by atoms with Gasteiger partial charge < -0.3 is 20.5 Å². The molecule has 3 N–H and O–H groups in total. The van der Waals surface area contributed by atoms with E-state index in [1.165, 1.54) is 0 Å². The monoisotopic (exact) mass is 345 g/mol. The van der Waals surface area contributed by atoms with Gasteiger partial charge in [-0.3, -0.25) is 0 Å². The van der Waals surface area contributed by atoms with Gasteiger partial charge in [-0.05, 0) is 25.2 Å². The lowest BCUT2D eigenvalue weighted by molar-refractivity contribution is 0.369. The first-order chi connectivity index (χ1) is 12.1. The summed E-state index contributed by atoms with van der Waals surface area (Å²) in [5.74, 6) is 3.89. The van der Waals surface area contributed by atoms with E-state index < -0.39 is 0 Å². The lowest BCUT2D eigenvalue weighted by Gasteiger charge is -2.33. The minimum Gasteiger partial charge on any atom is -0.370 e. The summed E-state index contributed by atoms with van der Waals surface area (Å²) in [4.78, 5) is 15.3. The highest BCUT2D eigenvalue weighted by Gasteiger charge is 2.23. The van der Waals surface area contributed by atoms with Crippen LogP contribution in [0.5, 0.6) is 0 Å². The third kappa shape index (κ3) is 4.80. The first kappa shape index (κ1) is 17.4. The standard InChI is InChI=1S/C17H27N7O/c1-3-4-7-19-14-10-16(22-17(18)21-14)24-8-5-6-13(11-24)9-15-20-12(2)25-23-15/h10,13H,3-9,11H2,1-2H3,(H3,18,19,21,22)/t13-/m0/s1. The van der Waals surface area contributed by atoms with Crippen molar-refractivity contribution in [1.82, 2.24) is 20.1 Å². The average molecular weight is 345 g/mol. The summed E-state index contributed by atoms with van der Waals surface area (Å²) in [6.07, 6.45) is 5.35. The van der Waals surface area contributed by atoms with Crippen LogP contribution in [0.3, 0.4) is 0 Å². The van der Waals surface area contributed by atoms with Gasteiger partial charge >= 0.3 is 0 Å². The van der Waals surface area contributed by atoms with Crippen molar-refractivity contribution in [3.8, 4) is 0 Å². The van der Waals surface area contributed by atoms with E-state index in [9.17, 15) is 0 Å². The van der Waals surface area contributed by atoms with Crippen LogP contribution in [-0.4, -0.2) is 39.7 Å². The number of piperidine rings is 1. The normalized spacial score (nSPS) is 17.7. The predicted octanol–water partition coefficient (Wildman–Crippen LogP) is 2.42. The maximum absolute atomic E-state index is 5.91. The van der Waals surface area contributed by atoms with Gasteiger partial charge in [0.2, 0.25) is 11.8 Å². The number of nitrogens with zero attached hydrogens (tertiary/aromatic N) is 5. The van der Waals surface area contributed by atoms with Crippen LogP contribution in [-0.2, 0) is 6.42 Å². The van der Waals surface area contributed by atoms with Crippen molar-refractivity contribution in [2.24, 2.45) is 5.92 Å². The van der Waals surface area contributed by atoms with Gasteiger partial charge in [-0.25, -0.2) is 0 Å². The maximum atomic E-state index is 5.91. The molecule has 3 rings (SSSR count). The van der Waals surface area contributed by atoms with E-state index >= 15 is 0 Å². The van der Waals surface area contributed by atoms with Crippen molar-refractivity contribution in [2.75, 3.05) is 35.6 Å². The molecule has 25 heavy (non-hydrogen) atoms. The second-order valence-corrected chi connectivity index (χ2v) is 6.64. The Morgan fingerprint density at radius 1 is 1.36 bits per heavy atom. The van der Waals surface area contributed by atoms with Crippen molar-refractivity contribution in [3.63, 3.8) is 0 Å². The molecule has 0 bridgehead atoms. The van der Waals surface area contributed by atoms with Crippen molar-refractivity contribution in [1.29, 1.82) is 0 Å². The number of nitrogen functional groups attached to an aromatic ring is 1. The van der Waals surface area contributed by atoms with Crippen molar-refractivity contribution < 1.29 is 4.52 Å². The molecule has 0 aromatic carbocycles. The highest BCUT2D eigenvalue weighted by atomic mass is 16.5. The molecule has 0 unspecified atom stereocenters. The summed E-state index contributed by atoms with van der Waals surface area (Å²) in [6, 6.07) is 1.99. The third-order valence-electron chi connectivity index (χ3n) is 4.45. The summed E-state index contributed by atoms with van der Waals surface area (Å²) >= 11 is 0. The quantitative estimate of drug-likeness (QED) is 0.737. The number of hydrogen-bond acceptors (Lipinski definition) is 8. The Morgan fingerprint density at radius 2 is 2.24 bits per heavy atom. The summed E-state index contributed by atoms with van der Waals surface area (Å²) in [6.45, 7) is 6.78. The Balaban J connectivity index is 1.65. The molecule has 2 aromatic rings. The van der Waals surface area contributed by atoms with Crippen LogP contribution >= 0.6 is 0 Å². The summed E-state index contributed by atoms with van der Waals surface area (Å²) in [5.41, 5.74) is 5.91. The number of aromatic nitrogens is 4. The molecule has 0 saturated carbocycles. The SMILES string of the molecule is CCCCNc1cc(N2CCC[C@@H](Cc3noc(C)n3)C2)nc(N)n1. The highest BCUT2D eigenvalue weighted by Crippen LogP contribution is 2.25. The van der Waals surface area contributed by atoms with Gasteiger partial charge in [0, 0.05) is 39.0 Å². The van der Waals surface area contributed by atoms with Gasteiger partial charge in [-0.15, -0.1) is 0 Å². The molecule has 0 radical (unpaired) electrons.